The van der Waals surface area contributed by atoms with E-state index in [1.54, 1.807) is 0 Å². The number of hydrogen-bond donors (Lipinski definition) is 1. The van der Waals surface area contributed by atoms with Gasteiger partial charge in [0, 0.05) is 31.1 Å². The molecule has 0 radical (unpaired) electrons. The Morgan fingerprint density at radius 2 is 2.14 bits per heavy atom. The van der Waals surface area contributed by atoms with E-state index in [4.69, 9.17) is 34.3 Å². The molecule has 0 spiro atoms. The third-order valence-corrected chi connectivity index (χ3v) is 5.99. The van der Waals surface area contributed by atoms with E-state index < -0.39 is 10.0 Å². The quantitative estimate of drug-likeness (QED) is 0.660. The van der Waals surface area contributed by atoms with Crippen LogP contribution in [0.1, 0.15) is 6.42 Å². The summed E-state index contributed by atoms with van der Waals surface area (Å²) in [6, 6.07) is 4.46. The minimum absolute atomic E-state index is 0.151. The van der Waals surface area contributed by atoms with Gasteiger partial charge in [-0.25, -0.2) is 8.42 Å². The fourth-order valence-electron chi connectivity index (χ4n) is 1.57. The van der Waals surface area contributed by atoms with Gasteiger partial charge in [-0.1, -0.05) is 23.8 Å². The first-order valence-electron chi connectivity index (χ1n) is 6.01. The minimum Gasteiger partial charge on any atom is -0.393 e. The number of halogens is 2. The number of sulfonamides is 1. The van der Waals surface area contributed by atoms with Crippen molar-refractivity contribution in [2.24, 2.45) is 5.73 Å². The van der Waals surface area contributed by atoms with Crippen molar-refractivity contribution < 1.29 is 13.2 Å². The van der Waals surface area contributed by atoms with E-state index in [9.17, 15) is 8.42 Å². The van der Waals surface area contributed by atoms with Crippen molar-refractivity contribution in [2.75, 3.05) is 26.8 Å². The molecular formula is C12H16BrClN2O3S2. The Bertz CT molecular complexity index is 611. The van der Waals surface area contributed by atoms with Crippen molar-refractivity contribution >= 4 is 54.8 Å². The lowest BCUT2D eigenvalue weighted by atomic mass is 10.4. The van der Waals surface area contributed by atoms with Gasteiger partial charge in [0.2, 0.25) is 10.0 Å². The van der Waals surface area contributed by atoms with Gasteiger partial charge in [-0.3, -0.25) is 0 Å². The van der Waals surface area contributed by atoms with Crippen LogP contribution in [0.2, 0.25) is 5.02 Å². The summed E-state index contributed by atoms with van der Waals surface area (Å²) in [5.41, 5.74) is 5.45. The van der Waals surface area contributed by atoms with Crippen LogP contribution in [0.25, 0.3) is 0 Å². The zero-order valence-corrected chi connectivity index (χ0v) is 15.4. The minimum atomic E-state index is -3.66. The second kappa shape index (κ2) is 8.40. The van der Waals surface area contributed by atoms with E-state index in [1.807, 2.05) is 0 Å². The van der Waals surface area contributed by atoms with Crippen molar-refractivity contribution in [3.05, 3.63) is 27.7 Å². The molecule has 5 nitrogen and oxygen atoms in total. The number of nitrogens with two attached hydrogens (primary N) is 1. The lowest BCUT2D eigenvalue weighted by Gasteiger charge is -2.22. The van der Waals surface area contributed by atoms with E-state index in [1.165, 1.54) is 29.6 Å². The highest BCUT2D eigenvalue weighted by molar-refractivity contribution is 9.10. The molecule has 0 saturated carbocycles. The van der Waals surface area contributed by atoms with Crippen LogP contribution in [0.4, 0.5) is 0 Å². The standard InChI is InChI=1S/C12H16BrClN2O3S2/c1-19-7-6-16(5-4-12(15)20)21(17,18)9-2-3-11(14)10(13)8-9/h2-3,8H,4-7H2,1H3,(H2,15,20). The summed E-state index contributed by atoms with van der Waals surface area (Å²) in [6.07, 6.45) is 0.313. The molecule has 0 atom stereocenters. The van der Waals surface area contributed by atoms with E-state index in [2.05, 4.69) is 15.9 Å². The molecule has 0 aliphatic heterocycles. The summed E-state index contributed by atoms with van der Waals surface area (Å²) < 4.78 is 32.0. The maximum absolute atomic E-state index is 12.6. The number of benzene rings is 1. The summed E-state index contributed by atoms with van der Waals surface area (Å²) in [5.74, 6) is 0. The molecule has 0 aromatic heterocycles. The molecule has 1 aromatic rings. The Morgan fingerprint density at radius 3 is 2.67 bits per heavy atom. The summed E-state index contributed by atoms with van der Waals surface area (Å²) in [5, 5.41) is 0.445. The van der Waals surface area contributed by atoms with Crippen LogP contribution < -0.4 is 5.73 Å². The van der Waals surface area contributed by atoms with Crippen LogP contribution in [0.15, 0.2) is 27.6 Å². The maximum Gasteiger partial charge on any atom is 0.243 e. The average Bonchev–Trinajstić information content (AvgIpc) is 2.41. The van der Waals surface area contributed by atoms with Crippen LogP contribution in [0, 0.1) is 0 Å². The van der Waals surface area contributed by atoms with Gasteiger partial charge in [-0.2, -0.15) is 4.31 Å². The molecule has 0 heterocycles. The number of methoxy groups -OCH3 is 1. The lowest BCUT2D eigenvalue weighted by Crippen LogP contribution is -2.36. The van der Waals surface area contributed by atoms with E-state index in [-0.39, 0.29) is 29.6 Å². The second-order valence-electron chi connectivity index (χ2n) is 4.19. The highest BCUT2D eigenvalue weighted by Crippen LogP contribution is 2.27. The van der Waals surface area contributed by atoms with Gasteiger partial charge in [-0.15, -0.1) is 0 Å². The monoisotopic (exact) mass is 414 g/mol. The highest BCUT2D eigenvalue weighted by Gasteiger charge is 2.24. The van der Waals surface area contributed by atoms with Gasteiger partial charge in [0.25, 0.3) is 0 Å². The van der Waals surface area contributed by atoms with E-state index in [0.29, 0.717) is 15.9 Å². The molecule has 0 amide bonds. The van der Waals surface area contributed by atoms with Crippen molar-refractivity contribution in [3.63, 3.8) is 0 Å². The normalized spacial score (nSPS) is 11.8. The van der Waals surface area contributed by atoms with E-state index in [0.717, 1.165) is 0 Å². The fraction of sp³-hybridized carbons (Fsp3) is 0.417. The van der Waals surface area contributed by atoms with Crippen molar-refractivity contribution in [1.82, 2.24) is 4.31 Å². The third-order valence-electron chi connectivity index (χ3n) is 2.68. The molecule has 9 heteroatoms. The van der Waals surface area contributed by atoms with Crippen molar-refractivity contribution in [1.29, 1.82) is 0 Å². The molecule has 1 rings (SSSR count). The SMILES string of the molecule is COCCN(CCC(N)=S)S(=O)(=O)c1ccc(Cl)c(Br)c1. The van der Waals surface area contributed by atoms with Crippen LogP contribution in [-0.4, -0.2) is 44.5 Å². The van der Waals surface area contributed by atoms with Crippen LogP contribution in [0.3, 0.4) is 0 Å². The second-order valence-corrected chi connectivity index (χ2v) is 7.91. The molecule has 0 fully saturated rings. The van der Waals surface area contributed by atoms with Crippen molar-refractivity contribution in [3.8, 4) is 0 Å². The Balaban J connectivity index is 3.06. The summed E-state index contributed by atoms with van der Waals surface area (Å²) in [4.78, 5) is 0.419. The smallest absolute Gasteiger partial charge is 0.243 e. The lowest BCUT2D eigenvalue weighted by molar-refractivity contribution is 0.179. The number of thiocarbonyl (C=S) groups is 1. The maximum atomic E-state index is 12.6. The molecule has 0 saturated heterocycles. The molecule has 118 valence electrons. The van der Waals surface area contributed by atoms with Gasteiger partial charge >= 0.3 is 0 Å². The topological polar surface area (TPSA) is 72.6 Å². The van der Waals surface area contributed by atoms with Gasteiger partial charge < -0.3 is 10.5 Å². The van der Waals surface area contributed by atoms with E-state index >= 15 is 0 Å². The molecule has 0 aliphatic carbocycles. The molecule has 2 N–H and O–H groups in total. The number of rotatable bonds is 8. The largest absolute Gasteiger partial charge is 0.393 e. The van der Waals surface area contributed by atoms with Crippen LogP contribution in [-0.2, 0) is 14.8 Å². The predicted molar refractivity (Wildman–Crippen MR) is 91.2 cm³/mol. The van der Waals surface area contributed by atoms with Crippen molar-refractivity contribution in [2.45, 2.75) is 11.3 Å². The van der Waals surface area contributed by atoms with Crippen LogP contribution >= 0.6 is 39.7 Å². The zero-order chi connectivity index (χ0) is 16.0. The average molecular weight is 416 g/mol. The Hall–Kier alpha value is -0.250. The molecule has 0 aliphatic rings. The fourth-order valence-corrected chi connectivity index (χ4v) is 3.76. The van der Waals surface area contributed by atoms with Crippen LogP contribution in [0.5, 0.6) is 0 Å². The number of nitrogens with zero attached hydrogens (tertiary/aromatic N) is 1. The summed E-state index contributed by atoms with van der Waals surface area (Å²) in [6.45, 7) is 0.717. The molecule has 0 bridgehead atoms. The summed E-state index contributed by atoms with van der Waals surface area (Å²) >= 11 is 13.9. The first-order valence-corrected chi connectivity index (χ1v) is 9.03. The molecule has 21 heavy (non-hydrogen) atoms. The Kier molecular flexibility index (Phi) is 7.52. The Morgan fingerprint density at radius 1 is 1.48 bits per heavy atom. The molecular weight excluding hydrogens is 400 g/mol. The first kappa shape index (κ1) is 18.8. The van der Waals surface area contributed by atoms with Gasteiger partial charge in [0.1, 0.15) is 0 Å². The molecule has 0 unspecified atom stereocenters. The Labute approximate surface area is 143 Å². The zero-order valence-electron chi connectivity index (χ0n) is 11.4. The first-order chi connectivity index (χ1) is 9.78. The predicted octanol–water partition coefficient (Wildman–Crippen LogP) is 2.42. The highest BCUT2D eigenvalue weighted by atomic mass is 79.9. The summed E-state index contributed by atoms with van der Waals surface area (Å²) in [7, 11) is -2.15. The third kappa shape index (κ3) is 5.46. The van der Waals surface area contributed by atoms with Gasteiger partial charge in [0.05, 0.1) is 21.5 Å². The number of hydrogen-bond acceptors (Lipinski definition) is 4. The number of ether oxygens (including phenoxy) is 1. The van der Waals surface area contributed by atoms with Gasteiger partial charge in [-0.05, 0) is 34.1 Å². The van der Waals surface area contributed by atoms with Gasteiger partial charge in [0.15, 0.2) is 0 Å². The molecule has 1 aromatic carbocycles.